The van der Waals surface area contributed by atoms with Crippen LogP contribution in [0.1, 0.15) is 27.1 Å². The Kier molecular flexibility index (Phi) is 9.13. The van der Waals surface area contributed by atoms with E-state index in [-0.39, 0.29) is 45.1 Å². The second kappa shape index (κ2) is 10.8. The Bertz CT molecular complexity index is 825. The molecular formula is C15H12Cl3F2N3O4. The highest BCUT2D eigenvalue weighted by Crippen LogP contribution is 2.18. The molecule has 27 heavy (non-hydrogen) atoms. The second-order valence-corrected chi connectivity index (χ2v) is 5.99. The standard InChI is InChI=1S/C9H9ClF2N2O2.C6H3Cl2NO2/c10-5-3-6(9(15)16)8(14-4-5)13-2-1-7(11)12;7-3-1-4(6(10)11)5(8)9-2-3/h3-4,7H,1-2H2,(H,13,14)(H,15,16);1-2H,(H,10,11). The molecule has 7 nitrogen and oxygen atoms in total. The normalized spacial score (nSPS) is 10.1. The number of hydrogen-bond donors (Lipinski definition) is 3. The summed E-state index contributed by atoms with van der Waals surface area (Å²) in [7, 11) is 0. The fraction of sp³-hybridized carbons (Fsp3) is 0.200. The fourth-order valence-electron chi connectivity index (χ4n) is 1.62. The molecule has 2 rings (SSSR count). The fourth-order valence-corrected chi connectivity index (χ4v) is 2.12. The van der Waals surface area contributed by atoms with E-state index >= 15 is 0 Å². The van der Waals surface area contributed by atoms with Crippen LogP contribution in [0.3, 0.4) is 0 Å². The lowest BCUT2D eigenvalue weighted by Gasteiger charge is -2.08. The van der Waals surface area contributed by atoms with Gasteiger partial charge in [-0.15, -0.1) is 0 Å². The zero-order valence-corrected chi connectivity index (χ0v) is 15.6. The number of carbonyl (C=O) groups is 2. The number of halogens is 5. The summed E-state index contributed by atoms with van der Waals surface area (Å²) in [6.07, 6.45) is -0.272. The van der Waals surface area contributed by atoms with Gasteiger partial charge in [0.05, 0.1) is 15.6 Å². The van der Waals surface area contributed by atoms with Gasteiger partial charge in [0.2, 0.25) is 6.43 Å². The summed E-state index contributed by atoms with van der Waals surface area (Å²) in [5.74, 6) is -2.31. The number of nitrogens with one attached hydrogen (secondary N) is 1. The average molecular weight is 443 g/mol. The van der Waals surface area contributed by atoms with Crippen LogP contribution in [0.15, 0.2) is 24.5 Å². The van der Waals surface area contributed by atoms with Gasteiger partial charge < -0.3 is 15.5 Å². The van der Waals surface area contributed by atoms with E-state index in [0.29, 0.717) is 0 Å². The molecule has 0 unspecified atom stereocenters. The summed E-state index contributed by atoms with van der Waals surface area (Å²) in [6, 6.07) is 2.46. The van der Waals surface area contributed by atoms with Crippen molar-refractivity contribution in [2.75, 3.05) is 11.9 Å². The highest BCUT2D eigenvalue weighted by Gasteiger charge is 2.12. The molecule has 0 spiro atoms. The number of carboxylic acid groups (broad SMARTS) is 2. The molecule has 0 aliphatic rings. The molecule has 2 aromatic heterocycles. The molecule has 146 valence electrons. The van der Waals surface area contributed by atoms with Crippen LogP contribution in [0.5, 0.6) is 0 Å². The predicted molar refractivity (Wildman–Crippen MR) is 96.5 cm³/mol. The van der Waals surface area contributed by atoms with Crippen molar-refractivity contribution < 1.29 is 28.6 Å². The van der Waals surface area contributed by atoms with Crippen LogP contribution in [-0.4, -0.2) is 45.1 Å². The smallest absolute Gasteiger partial charge is 0.339 e. The number of hydrogen-bond acceptors (Lipinski definition) is 5. The Labute approximate surface area is 166 Å². The minimum absolute atomic E-state index is 0.0394. The Balaban J connectivity index is 0.000000289. The highest BCUT2D eigenvalue weighted by molar-refractivity contribution is 6.34. The summed E-state index contributed by atoms with van der Waals surface area (Å²) in [4.78, 5) is 28.5. The summed E-state index contributed by atoms with van der Waals surface area (Å²) in [5.41, 5.74) is -0.221. The molecule has 2 aromatic rings. The number of pyridine rings is 2. The van der Waals surface area contributed by atoms with Gasteiger partial charge in [-0.2, -0.15) is 0 Å². The SMILES string of the molecule is O=C(O)c1cc(Cl)cnc1Cl.O=C(O)c1cc(Cl)cnc1NCCC(F)F. The lowest BCUT2D eigenvalue weighted by atomic mass is 10.2. The molecule has 0 amide bonds. The van der Waals surface area contributed by atoms with Crippen molar-refractivity contribution in [3.05, 3.63) is 50.9 Å². The molecular weight excluding hydrogens is 431 g/mol. The maximum absolute atomic E-state index is 11.9. The number of carboxylic acids is 2. The number of anilines is 1. The van der Waals surface area contributed by atoms with Gasteiger partial charge in [0, 0.05) is 25.4 Å². The first-order valence-corrected chi connectivity index (χ1v) is 8.20. The minimum Gasteiger partial charge on any atom is -0.478 e. The van der Waals surface area contributed by atoms with Crippen LogP contribution in [0.2, 0.25) is 15.2 Å². The van der Waals surface area contributed by atoms with E-state index in [2.05, 4.69) is 15.3 Å². The zero-order valence-electron chi connectivity index (χ0n) is 13.3. The average Bonchev–Trinajstić information content (AvgIpc) is 2.58. The lowest BCUT2D eigenvalue weighted by molar-refractivity contribution is 0.0686. The predicted octanol–water partition coefficient (Wildman–Crippen LogP) is 4.59. The largest absolute Gasteiger partial charge is 0.478 e. The van der Waals surface area contributed by atoms with Crippen molar-refractivity contribution >= 4 is 52.6 Å². The molecule has 0 aliphatic heterocycles. The molecule has 0 radical (unpaired) electrons. The van der Waals surface area contributed by atoms with Crippen molar-refractivity contribution in [1.29, 1.82) is 0 Å². The molecule has 0 fully saturated rings. The summed E-state index contributed by atoms with van der Waals surface area (Å²) in [5, 5.41) is 20.2. The highest BCUT2D eigenvalue weighted by atomic mass is 35.5. The number of rotatable bonds is 6. The Morgan fingerprint density at radius 3 is 2.00 bits per heavy atom. The van der Waals surface area contributed by atoms with Gasteiger partial charge in [-0.1, -0.05) is 34.8 Å². The first-order valence-electron chi connectivity index (χ1n) is 7.07. The first kappa shape index (κ1) is 22.8. The Morgan fingerprint density at radius 2 is 1.52 bits per heavy atom. The minimum atomic E-state index is -2.44. The van der Waals surface area contributed by atoms with Gasteiger partial charge in [0.1, 0.15) is 16.5 Å². The zero-order chi connectivity index (χ0) is 20.6. The number of aromatic carboxylic acids is 2. The van der Waals surface area contributed by atoms with E-state index in [1.54, 1.807) is 0 Å². The third-order valence-corrected chi connectivity index (χ3v) is 3.49. The van der Waals surface area contributed by atoms with Crippen LogP contribution in [0.4, 0.5) is 14.6 Å². The maximum Gasteiger partial charge on any atom is 0.339 e. The van der Waals surface area contributed by atoms with Crippen LogP contribution in [0, 0.1) is 0 Å². The molecule has 0 aliphatic carbocycles. The van der Waals surface area contributed by atoms with Crippen molar-refractivity contribution in [3.8, 4) is 0 Å². The molecule has 12 heteroatoms. The van der Waals surface area contributed by atoms with Crippen molar-refractivity contribution in [2.24, 2.45) is 0 Å². The number of alkyl halides is 2. The quantitative estimate of drug-likeness (QED) is 0.561. The van der Waals surface area contributed by atoms with Crippen molar-refractivity contribution in [3.63, 3.8) is 0 Å². The van der Waals surface area contributed by atoms with Gasteiger partial charge in [0.15, 0.2) is 0 Å². The third-order valence-electron chi connectivity index (χ3n) is 2.78. The number of nitrogens with zero attached hydrogens (tertiary/aromatic N) is 2. The van der Waals surface area contributed by atoms with Gasteiger partial charge in [-0.05, 0) is 12.1 Å². The van der Waals surface area contributed by atoms with E-state index in [0.717, 1.165) is 0 Å². The van der Waals surface area contributed by atoms with E-state index < -0.39 is 18.4 Å². The van der Waals surface area contributed by atoms with E-state index in [1.165, 1.54) is 24.5 Å². The van der Waals surface area contributed by atoms with Crippen LogP contribution in [0.25, 0.3) is 0 Å². The topological polar surface area (TPSA) is 112 Å². The van der Waals surface area contributed by atoms with Gasteiger partial charge in [-0.3, -0.25) is 0 Å². The van der Waals surface area contributed by atoms with E-state index in [1.807, 2.05) is 0 Å². The molecule has 3 N–H and O–H groups in total. The van der Waals surface area contributed by atoms with E-state index in [4.69, 9.17) is 45.0 Å². The van der Waals surface area contributed by atoms with E-state index in [9.17, 15) is 18.4 Å². The second-order valence-electron chi connectivity index (χ2n) is 4.76. The molecule has 0 aromatic carbocycles. The summed E-state index contributed by atoms with van der Waals surface area (Å²) >= 11 is 16.5. The number of aromatic nitrogens is 2. The summed E-state index contributed by atoms with van der Waals surface area (Å²) < 4.78 is 23.7. The summed E-state index contributed by atoms with van der Waals surface area (Å²) in [6.45, 7) is -0.0490. The van der Waals surface area contributed by atoms with Crippen LogP contribution >= 0.6 is 34.8 Å². The lowest BCUT2D eigenvalue weighted by Crippen LogP contribution is -2.11. The first-order chi connectivity index (χ1) is 12.6. The van der Waals surface area contributed by atoms with Crippen LogP contribution < -0.4 is 5.32 Å². The molecule has 0 atom stereocenters. The van der Waals surface area contributed by atoms with Crippen molar-refractivity contribution in [2.45, 2.75) is 12.8 Å². The van der Waals surface area contributed by atoms with Gasteiger partial charge >= 0.3 is 11.9 Å². The Hall–Kier alpha value is -2.23. The van der Waals surface area contributed by atoms with Crippen molar-refractivity contribution in [1.82, 2.24) is 9.97 Å². The Morgan fingerprint density at radius 1 is 1.00 bits per heavy atom. The van der Waals surface area contributed by atoms with Gasteiger partial charge in [0.25, 0.3) is 0 Å². The molecule has 2 heterocycles. The molecule has 0 bridgehead atoms. The molecule has 0 saturated carbocycles. The maximum atomic E-state index is 11.9. The molecule has 0 saturated heterocycles. The van der Waals surface area contributed by atoms with Gasteiger partial charge in [-0.25, -0.2) is 28.3 Å². The third kappa shape index (κ3) is 7.90. The van der Waals surface area contributed by atoms with Crippen LogP contribution in [-0.2, 0) is 0 Å². The monoisotopic (exact) mass is 441 g/mol.